The highest BCUT2D eigenvalue weighted by Gasteiger charge is 2.29. The molecule has 0 saturated carbocycles. The lowest BCUT2D eigenvalue weighted by Crippen LogP contribution is -2.60. The van der Waals surface area contributed by atoms with Gasteiger partial charge in [0.15, 0.2) is 0 Å². The van der Waals surface area contributed by atoms with Crippen LogP contribution >= 0.6 is 0 Å². The Balaban J connectivity index is 4.92. The normalized spacial score (nSPS) is 12.8. The van der Waals surface area contributed by atoms with Gasteiger partial charge in [-0.15, -0.1) is 0 Å². The summed E-state index contributed by atoms with van der Waals surface area (Å²) in [6.07, 6.45) is 0. The van der Waals surface area contributed by atoms with Crippen molar-refractivity contribution in [1.29, 1.82) is 0 Å². The Morgan fingerprint density at radius 2 is 0.714 bits per heavy atom. The Bertz CT molecular complexity index is 1220. The van der Waals surface area contributed by atoms with E-state index in [1.165, 1.54) is 0 Å². The van der Waals surface area contributed by atoms with Crippen LogP contribution in [-0.2, 0) is 47.9 Å². The summed E-state index contributed by atoms with van der Waals surface area (Å²) in [5, 5.41) is 64.9. The average Bonchev–Trinajstić information content (AvgIpc) is 3.08. The Kier molecular flexibility index (Phi) is 21.1. The first-order valence-corrected chi connectivity index (χ1v) is 14.0. The molecule has 0 unspecified atom stereocenters. The number of nitrogens with one attached hydrogen (secondary N) is 9. The van der Waals surface area contributed by atoms with E-state index in [2.05, 4.69) is 21.3 Å². The predicted octanol–water partition coefficient (Wildman–Crippen LogP) is -11.5. The molecule has 0 aliphatic rings. The summed E-state index contributed by atoms with van der Waals surface area (Å²) in [7, 11) is 0. The highest BCUT2D eigenvalue weighted by molar-refractivity contribution is 5.96. The molecule has 9 amide bonds. The number of aliphatic hydroxyl groups is 4. The number of carbonyl (C=O) groups is 10. The second-order valence-corrected chi connectivity index (χ2v) is 9.46. The minimum Gasteiger partial charge on any atom is -0.480 e. The molecule has 0 aliphatic heterocycles. The molecule has 4 atom stereocenters. The van der Waals surface area contributed by atoms with E-state index in [4.69, 9.17) is 10.8 Å². The molecule has 0 aromatic carbocycles. The van der Waals surface area contributed by atoms with Gasteiger partial charge in [0.25, 0.3) is 0 Å². The Morgan fingerprint density at radius 3 is 1.12 bits per heavy atom. The van der Waals surface area contributed by atoms with E-state index < -0.39 is 149 Å². The fourth-order valence-electron chi connectivity index (χ4n) is 3.12. The van der Waals surface area contributed by atoms with E-state index in [9.17, 15) is 68.4 Å². The van der Waals surface area contributed by atoms with Gasteiger partial charge >= 0.3 is 5.97 Å². The van der Waals surface area contributed by atoms with Crippen molar-refractivity contribution < 1.29 is 73.5 Å². The standard InChI is InChI=1S/C24H40N10O15/c25-1-15(39)26-4-18(42)31-11(7-35)21(46)30-5-19(43)32-13(9-37)23(48)34-14(10-38)24(49)33-12(8-36)22(47)29-3-17(41)27-2-16(40)28-6-20(44)45/h11-14,35-38H,1-10,25H2,(H,26,39)(H,27,41)(H,28,40)(H,29,47)(H,30,46)(H,31,42)(H,32,43)(H,33,49)(H,34,48)(H,44,45)/t11-,12-,13-,14-/m0/s1. The molecule has 0 bridgehead atoms. The molecule has 0 spiro atoms. The Morgan fingerprint density at radius 1 is 0.408 bits per heavy atom. The summed E-state index contributed by atoms with van der Waals surface area (Å²) < 4.78 is 0. The molecule has 25 heteroatoms. The van der Waals surface area contributed by atoms with Crippen molar-refractivity contribution in [3.05, 3.63) is 0 Å². The van der Waals surface area contributed by atoms with E-state index in [0.29, 0.717) is 0 Å². The van der Waals surface area contributed by atoms with Crippen molar-refractivity contribution in [3.8, 4) is 0 Å². The Labute approximate surface area is 276 Å². The zero-order chi connectivity index (χ0) is 37.5. The largest absolute Gasteiger partial charge is 0.480 e. The summed E-state index contributed by atoms with van der Waals surface area (Å²) in [6, 6.07) is -6.79. The third-order valence-corrected chi connectivity index (χ3v) is 5.66. The number of carbonyl (C=O) groups excluding carboxylic acids is 9. The number of nitrogens with two attached hydrogens (primary N) is 1. The molecule has 0 saturated heterocycles. The third kappa shape index (κ3) is 18.4. The second kappa shape index (κ2) is 23.8. The topological polar surface area (TPSA) is 406 Å². The van der Waals surface area contributed by atoms with Crippen LogP contribution in [-0.4, -0.2) is 175 Å². The number of carboxylic acid groups (broad SMARTS) is 1. The first kappa shape index (κ1) is 43.5. The molecule has 276 valence electrons. The third-order valence-electron chi connectivity index (χ3n) is 5.66. The molecule has 49 heavy (non-hydrogen) atoms. The molecule has 0 fully saturated rings. The van der Waals surface area contributed by atoms with Crippen molar-refractivity contribution in [2.75, 3.05) is 65.7 Å². The number of amides is 9. The number of carboxylic acids is 1. The van der Waals surface area contributed by atoms with Crippen molar-refractivity contribution in [2.24, 2.45) is 5.73 Å². The van der Waals surface area contributed by atoms with Gasteiger partial charge in [-0.3, -0.25) is 47.9 Å². The maximum atomic E-state index is 12.6. The fourth-order valence-corrected chi connectivity index (χ4v) is 3.12. The highest BCUT2D eigenvalue weighted by Crippen LogP contribution is 1.93. The van der Waals surface area contributed by atoms with E-state index >= 15 is 0 Å². The molecular formula is C24H40N10O15. The van der Waals surface area contributed by atoms with Gasteiger partial charge in [-0.1, -0.05) is 0 Å². The zero-order valence-electron chi connectivity index (χ0n) is 25.8. The van der Waals surface area contributed by atoms with Crippen molar-refractivity contribution in [3.63, 3.8) is 0 Å². The van der Waals surface area contributed by atoms with Crippen LogP contribution in [0.3, 0.4) is 0 Å². The van der Waals surface area contributed by atoms with Crippen LogP contribution in [0.2, 0.25) is 0 Å². The molecule has 0 heterocycles. The number of aliphatic hydroxyl groups excluding tert-OH is 4. The van der Waals surface area contributed by atoms with Crippen LogP contribution in [0.5, 0.6) is 0 Å². The lowest BCUT2D eigenvalue weighted by atomic mass is 10.2. The summed E-state index contributed by atoms with van der Waals surface area (Å²) in [5.74, 6) is -10.2. The van der Waals surface area contributed by atoms with Gasteiger partial charge < -0.3 is 79.1 Å². The molecular weight excluding hydrogens is 668 g/mol. The zero-order valence-corrected chi connectivity index (χ0v) is 25.8. The minimum absolute atomic E-state index is 0.397. The smallest absolute Gasteiger partial charge is 0.322 e. The van der Waals surface area contributed by atoms with Crippen LogP contribution in [0.1, 0.15) is 0 Å². The number of aliphatic carboxylic acids is 1. The first-order valence-electron chi connectivity index (χ1n) is 14.0. The van der Waals surface area contributed by atoms with E-state index in [1.807, 2.05) is 26.6 Å². The van der Waals surface area contributed by atoms with Crippen LogP contribution < -0.4 is 53.6 Å². The molecule has 0 aromatic heterocycles. The molecule has 0 radical (unpaired) electrons. The summed E-state index contributed by atoms with van der Waals surface area (Å²) in [4.78, 5) is 118. The summed E-state index contributed by atoms with van der Waals surface area (Å²) in [6.45, 7) is -7.86. The number of rotatable bonds is 23. The summed E-state index contributed by atoms with van der Waals surface area (Å²) >= 11 is 0. The van der Waals surface area contributed by atoms with E-state index in [-0.39, 0.29) is 0 Å². The number of hydrogen-bond donors (Lipinski definition) is 15. The average molecular weight is 709 g/mol. The Hall–Kier alpha value is -5.50. The van der Waals surface area contributed by atoms with Gasteiger partial charge in [-0.2, -0.15) is 0 Å². The summed E-state index contributed by atoms with van der Waals surface area (Å²) in [5.41, 5.74) is 5.08. The molecule has 25 nitrogen and oxygen atoms in total. The van der Waals surface area contributed by atoms with Crippen molar-refractivity contribution >= 4 is 59.1 Å². The second-order valence-electron chi connectivity index (χ2n) is 9.46. The molecule has 16 N–H and O–H groups in total. The van der Waals surface area contributed by atoms with Crippen molar-refractivity contribution in [2.45, 2.75) is 24.2 Å². The predicted molar refractivity (Wildman–Crippen MR) is 158 cm³/mol. The lowest BCUT2D eigenvalue weighted by Gasteiger charge is -2.23. The quantitative estimate of drug-likeness (QED) is 0.0468. The first-order chi connectivity index (χ1) is 23.1. The monoisotopic (exact) mass is 708 g/mol. The van der Waals surface area contributed by atoms with Gasteiger partial charge in [-0.05, 0) is 0 Å². The molecule has 0 aliphatic carbocycles. The van der Waals surface area contributed by atoms with Crippen LogP contribution in [0.15, 0.2) is 0 Å². The number of hydrogen-bond acceptors (Lipinski definition) is 15. The van der Waals surface area contributed by atoms with Gasteiger partial charge in [0.1, 0.15) is 30.7 Å². The van der Waals surface area contributed by atoms with Crippen LogP contribution in [0.25, 0.3) is 0 Å². The van der Waals surface area contributed by atoms with E-state index in [1.54, 1.807) is 0 Å². The highest BCUT2D eigenvalue weighted by atomic mass is 16.4. The van der Waals surface area contributed by atoms with Gasteiger partial charge in [-0.25, -0.2) is 0 Å². The molecule has 0 aromatic rings. The molecule has 0 rings (SSSR count). The van der Waals surface area contributed by atoms with Crippen molar-refractivity contribution in [1.82, 2.24) is 47.9 Å². The van der Waals surface area contributed by atoms with Crippen LogP contribution in [0.4, 0.5) is 0 Å². The van der Waals surface area contributed by atoms with E-state index in [0.717, 1.165) is 0 Å². The lowest BCUT2D eigenvalue weighted by molar-refractivity contribution is -0.138. The minimum atomic E-state index is -1.80. The SMILES string of the molecule is NCC(=O)NCC(=O)N[C@@H](CO)C(=O)NCC(=O)N[C@@H](CO)C(=O)N[C@@H](CO)C(=O)N[C@@H](CO)C(=O)NCC(=O)NCC(=O)NCC(=O)O. The fraction of sp³-hybridized carbons (Fsp3) is 0.583. The van der Waals surface area contributed by atoms with Gasteiger partial charge in [0, 0.05) is 0 Å². The maximum absolute atomic E-state index is 12.6. The maximum Gasteiger partial charge on any atom is 0.322 e. The van der Waals surface area contributed by atoms with Crippen LogP contribution in [0, 0.1) is 0 Å². The van der Waals surface area contributed by atoms with Gasteiger partial charge in [0.2, 0.25) is 53.2 Å². The van der Waals surface area contributed by atoms with Gasteiger partial charge in [0.05, 0.1) is 59.2 Å².